The highest BCUT2D eigenvalue weighted by atomic mass is 79.9. The minimum atomic E-state index is 0.633. The van der Waals surface area contributed by atoms with Crippen molar-refractivity contribution in [1.29, 1.82) is 0 Å². The summed E-state index contributed by atoms with van der Waals surface area (Å²) in [5.74, 6) is 0. The van der Waals surface area contributed by atoms with Crippen LogP contribution in [-0.2, 0) is 6.42 Å². The summed E-state index contributed by atoms with van der Waals surface area (Å²) in [5.41, 5.74) is 7.67. The van der Waals surface area contributed by atoms with Crippen LogP contribution in [0, 0.1) is 0 Å². The first kappa shape index (κ1) is 8.72. The summed E-state index contributed by atoms with van der Waals surface area (Å²) in [5, 5.41) is 0. The highest BCUT2D eigenvalue weighted by molar-refractivity contribution is 9.10. The van der Waals surface area contributed by atoms with Gasteiger partial charge in [-0.15, -0.1) is 0 Å². The molecule has 0 bridgehead atoms. The first-order valence-electron chi connectivity index (χ1n) is 4.13. The Morgan fingerprint density at radius 1 is 1.54 bits per heavy atom. The van der Waals surface area contributed by atoms with Crippen LogP contribution in [-0.4, -0.2) is 15.9 Å². The summed E-state index contributed by atoms with van der Waals surface area (Å²) >= 11 is 3.50. The third-order valence-corrected chi connectivity index (χ3v) is 2.61. The average Bonchev–Trinajstić information content (AvgIpc) is 2.51. The molecule has 2 aromatic rings. The van der Waals surface area contributed by atoms with Crippen molar-refractivity contribution in [2.24, 2.45) is 5.73 Å². The highest BCUT2D eigenvalue weighted by Crippen LogP contribution is 2.20. The van der Waals surface area contributed by atoms with Crippen LogP contribution in [0.25, 0.3) is 5.52 Å². The molecule has 2 aromatic heterocycles. The third kappa shape index (κ3) is 1.47. The van der Waals surface area contributed by atoms with Crippen LogP contribution >= 0.6 is 15.9 Å². The SMILES string of the molecule is NCCc1ncn2cccc(Br)c12. The first-order chi connectivity index (χ1) is 6.33. The number of nitrogens with zero attached hydrogens (tertiary/aromatic N) is 2. The van der Waals surface area contributed by atoms with E-state index in [-0.39, 0.29) is 0 Å². The minimum absolute atomic E-state index is 0.633. The fourth-order valence-corrected chi connectivity index (χ4v) is 1.98. The summed E-state index contributed by atoms with van der Waals surface area (Å²) in [4.78, 5) is 4.30. The maximum Gasteiger partial charge on any atom is 0.0995 e. The van der Waals surface area contributed by atoms with Crippen LogP contribution < -0.4 is 5.73 Å². The van der Waals surface area contributed by atoms with Crippen LogP contribution in [0.3, 0.4) is 0 Å². The number of hydrogen-bond acceptors (Lipinski definition) is 2. The zero-order valence-corrected chi connectivity index (χ0v) is 8.66. The Hall–Kier alpha value is -0.870. The Morgan fingerprint density at radius 2 is 2.38 bits per heavy atom. The van der Waals surface area contributed by atoms with Gasteiger partial charge >= 0.3 is 0 Å². The van der Waals surface area contributed by atoms with Crippen LogP contribution in [0.5, 0.6) is 0 Å². The second kappa shape index (κ2) is 3.47. The van der Waals surface area contributed by atoms with Gasteiger partial charge in [-0.05, 0) is 34.6 Å². The van der Waals surface area contributed by atoms with E-state index in [0.29, 0.717) is 6.54 Å². The molecule has 0 spiro atoms. The standard InChI is InChI=1S/C9H10BrN3/c10-7-2-1-5-13-6-12-8(3-4-11)9(7)13/h1-2,5-6H,3-4,11H2. The van der Waals surface area contributed by atoms with E-state index >= 15 is 0 Å². The zero-order chi connectivity index (χ0) is 9.26. The Labute approximate surface area is 84.7 Å². The van der Waals surface area contributed by atoms with E-state index in [2.05, 4.69) is 20.9 Å². The number of pyridine rings is 1. The van der Waals surface area contributed by atoms with E-state index in [9.17, 15) is 0 Å². The molecule has 0 aliphatic rings. The zero-order valence-electron chi connectivity index (χ0n) is 7.07. The van der Waals surface area contributed by atoms with Gasteiger partial charge in [-0.25, -0.2) is 4.98 Å². The van der Waals surface area contributed by atoms with Crippen molar-refractivity contribution in [3.8, 4) is 0 Å². The number of hydrogen-bond donors (Lipinski definition) is 1. The van der Waals surface area contributed by atoms with Gasteiger partial charge in [0.25, 0.3) is 0 Å². The van der Waals surface area contributed by atoms with E-state index in [1.807, 2.05) is 29.1 Å². The monoisotopic (exact) mass is 239 g/mol. The van der Waals surface area contributed by atoms with Crippen LogP contribution in [0.15, 0.2) is 29.1 Å². The molecule has 2 heterocycles. The van der Waals surface area contributed by atoms with Gasteiger partial charge in [-0.2, -0.15) is 0 Å². The second-order valence-electron chi connectivity index (χ2n) is 2.84. The van der Waals surface area contributed by atoms with Crippen molar-refractivity contribution >= 4 is 21.4 Å². The van der Waals surface area contributed by atoms with Gasteiger partial charge in [0, 0.05) is 17.1 Å². The van der Waals surface area contributed by atoms with Gasteiger partial charge in [0.1, 0.15) is 0 Å². The number of imidazole rings is 1. The molecule has 0 unspecified atom stereocenters. The lowest BCUT2D eigenvalue weighted by Gasteiger charge is -1.98. The molecule has 0 saturated heterocycles. The van der Waals surface area contributed by atoms with Crippen molar-refractivity contribution in [3.05, 3.63) is 34.8 Å². The molecule has 0 saturated carbocycles. The normalized spacial score (nSPS) is 10.9. The molecule has 2 rings (SSSR count). The number of aromatic nitrogens is 2. The summed E-state index contributed by atoms with van der Waals surface area (Å²) < 4.78 is 3.06. The Morgan fingerprint density at radius 3 is 3.15 bits per heavy atom. The highest BCUT2D eigenvalue weighted by Gasteiger charge is 2.05. The molecule has 0 aromatic carbocycles. The number of nitrogens with two attached hydrogens (primary N) is 1. The molecule has 0 atom stereocenters. The predicted molar refractivity (Wildman–Crippen MR) is 55.7 cm³/mol. The molecule has 0 amide bonds. The van der Waals surface area contributed by atoms with Gasteiger partial charge in [0.05, 0.1) is 17.5 Å². The topological polar surface area (TPSA) is 43.3 Å². The van der Waals surface area contributed by atoms with Gasteiger partial charge < -0.3 is 10.1 Å². The molecule has 0 aliphatic heterocycles. The van der Waals surface area contributed by atoms with Crippen molar-refractivity contribution < 1.29 is 0 Å². The van der Waals surface area contributed by atoms with Gasteiger partial charge in [0.2, 0.25) is 0 Å². The Balaban J connectivity index is 2.64. The summed E-state index contributed by atoms with van der Waals surface area (Å²) in [6.45, 7) is 0.633. The lowest BCUT2D eigenvalue weighted by molar-refractivity contribution is 0.942. The largest absolute Gasteiger partial charge is 0.330 e. The summed E-state index contributed by atoms with van der Waals surface area (Å²) in [6, 6.07) is 3.99. The molecule has 13 heavy (non-hydrogen) atoms. The molecule has 3 nitrogen and oxygen atoms in total. The molecule has 4 heteroatoms. The number of halogens is 1. The van der Waals surface area contributed by atoms with E-state index in [4.69, 9.17) is 5.73 Å². The quantitative estimate of drug-likeness (QED) is 0.866. The second-order valence-corrected chi connectivity index (χ2v) is 3.70. The van der Waals surface area contributed by atoms with Gasteiger partial charge in [-0.1, -0.05) is 0 Å². The smallest absolute Gasteiger partial charge is 0.0995 e. The average molecular weight is 240 g/mol. The van der Waals surface area contributed by atoms with Crippen molar-refractivity contribution in [2.45, 2.75) is 6.42 Å². The van der Waals surface area contributed by atoms with E-state index in [1.165, 1.54) is 0 Å². The fourth-order valence-electron chi connectivity index (χ4n) is 1.39. The first-order valence-corrected chi connectivity index (χ1v) is 4.92. The summed E-state index contributed by atoms with van der Waals surface area (Å²) in [6.07, 6.45) is 4.61. The molecule has 68 valence electrons. The van der Waals surface area contributed by atoms with Crippen molar-refractivity contribution in [2.75, 3.05) is 6.54 Å². The third-order valence-electron chi connectivity index (χ3n) is 1.97. The lowest BCUT2D eigenvalue weighted by Crippen LogP contribution is -2.03. The maximum atomic E-state index is 5.50. The predicted octanol–water partition coefficient (Wildman–Crippen LogP) is 1.60. The minimum Gasteiger partial charge on any atom is -0.330 e. The molecule has 0 aliphatic carbocycles. The van der Waals surface area contributed by atoms with E-state index < -0.39 is 0 Å². The van der Waals surface area contributed by atoms with Gasteiger partial charge in [-0.3, -0.25) is 0 Å². The lowest BCUT2D eigenvalue weighted by atomic mass is 10.2. The summed E-state index contributed by atoms with van der Waals surface area (Å²) in [7, 11) is 0. The van der Waals surface area contributed by atoms with E-state index in [1.54, 1.807) is 0 Å². The molecule has 2 N–H and O–H groups in total. The van der Waals surface area contributed by atoms with Crippen molar-refractivity contribution in [1.82, 2.24) is 9.38 Å². The number of fused-ring (bicyclic) bond motifs is 1. The Kier molecular flexibility index (Phi) is 2.33. The van der Waals surface area contributed by atoms with Crippen molar-refractivity contribution in [3.63, 3.8) is 0 Å². The van der Waals surface area contributed by atoms with Crippen LogP contribution in [0.4, 0.5) is 0 Å². The van der Waals surface area contributed by atoms with Gasteiger partial charge in [0.15, 0.2) is 0 Å². The fraction of sp³-hybridized carbons (Fsp3) is 0.222. The number of rotatable bonds is 2. The molecular formula is C9H10BrN3. The maximum absolute atomic E-state index is 5.50. The van der Waals surface area contributed by atoms with E-state index in [0.717, 1.165) is 22.1 Å². The Bertz CT molecular complexity index is 422. The molecular weight excluding hydrogens is 230 g/mol. The van der Waals surface area contributed by atoms with Crippen LogP contribution in [0.2, 0.25) is 0 Å². The molecule has 0 radical (unpaired) electrons. The molecule has 0 fully saturated rings. The van der Waals surface area contributed by atoms with Crippen LogP contribution in [0.1, 0.15) is 5.69 Å².